The summed E-state index contributed by atoms with van der Waals surface area (Å²) in [7, 11) is 0. The molecule has 1 saturated heterocycles. The summed E-state index contributed by atoms with van der Waals surface area (Å²) in [6, 6.07) is 4.52. The zero-order valence-corrected chi connectivity index (χ0v) is 20.4. The molecular formula is C26H35F3O7. The molecule has 2 aliphatic rings. The maximum atomic E-state index is 12.9. The molecule has 0 aromatic heterocycles. The molecule has 1 aliphatic heterocycles. The van der Waals surface area contributed by atoms with Gasteiger partial charge in [-0.1, -0.05) is 18.2 Å². The molecule has 1 aliphatic carbocycles. The van der Waals surface area contributed by atoms with Crippen LogP contribution in [0.3, 0.4) is 0 Å². The molecule has 1 heterocycles. The van der Waals surface area contributed by atoms with Crippen LogP contribution in [0.4, 0.5) is 13.2 Å². The average Bonchev–Trinajstić information content (AvgIpc) is 3.51. The number of rotatable bonds is 12. The van der Waals surface area contributed by atoms with Gasteiger partial charge in [0.1, 0.15) is 24.6 Å². The summed E-state index contributed by atoms with van der Waals surface area (Å²) >= 11 is 0. The van der Waals surface area contributed by atoms with Crippen molar-refractivity contribution in [3.05, 3.63) is 42.0 Å². The lowest BCUT2D eigenvalue weighted by atomic mass is 9.84. The van der Waals surface area contributed by atoms with Gasteiger partial charge in [0.25, 0.3) is 0 Å². The van der Waals surface area contributed by atoms with Gasteiger partial charge in [0.05, 0.1) is 30.0 Å². The molecule has 1 aromatic carbocycles. The monoisotopic (exact) mass is 516 g/mol. The van der Waals surface area contributed by atoms with E-state index in [0.717, 1.165) is 12.1 Å². The van der Waals surface area contributed by atoms with E-state index in [0.29, 0.717) is 25.7 Å². The van der Waals surface area contributed by atoms with Crippen LogP contribution in [0.5, 0.6) is 5.75 Å². The number of halogens is 3. The van der Waals surface area contributed by atoms with Crippen molar-refractivity contribution in [3.8, 4) is 5.75 Å². The van der Waals surface area contributed by atoms with Crippen LogP contribution in [0.15, 0.2) is 36.4 Å². The van der Waals surface area contributed by atoms with Crippen molar-refractivity contribution in [1.82, 2.24) is 0 Å². The Bertz CT molecular complexity index is 889. The van der Waals surface area contributed by atoms with Crippen molar-refractivity contribution in [2.45, 2.75) is 88.8 Å². The highest BCUT2D eigenvalue weighted by Crippen LogP contribution is 2.42. The van der Waals surface area contributed by atoms with Crippen LogP contribution in [-0.4, -0.2) is 64.5 Å². The van der Waals surface area contributed by atoms with Gasteiger partial charge in [0.2, 0.25) is 0 Å². The van der Waals surface area contributed by atoms with Crippen molar-refractivity contribution >= 4 is 5.97 Å². The standard InChI is InChI=1S/C26H35F3O7/c1-15(2)35-22(32)11-6-4-3-5-10-18-19(30)13-20(31)23(18)24(33)25-21(36-25)14-34-17-9-7-8-16(12-17)26(27,28)29/h3,5,7-9,12,15,18-21,23-25,30-31,33H,4,6,10-11,13-14H2,1-2H3/b5-3-/t18-,19+,20-,21?,23-,24-,25?/m0/s1. The number of esters is 1. The second-order valence-corrected chi connectivity index (χ2v) is 9.72. The minimum absolute atomic E-state index is 0.0434. The Labute approximate surface area is 208 Å². The van der Waals surface area contributed by atoms with Crippen molar-refractivity contribution < 1.29 is 47.5 Å². The summed E-state index contributed by atoms with van der Waals surface area (Å²) in [5, 5.41) is 31.8. The minimum Gasteiger partial charge on any atom is -0.491 e. The van der Waals surface area contributed by atoms with E-state index in [1.54, 1.807) is 13.8 Å². The molecule has 0 spiro atoms. The highest BCUT2D eigenvalue weighted by atomic mass is 19.4. The van der Waals surface area contributed by atoms with Crippen LogP contribution in [-0.2, 0) is 20.4 Å². The Hall–Kier alpha value is -2.14. The molecule has 7 nitrogen and oxygen atoms in total. The molecule has 36 heavy (non-hydrogen) atoms. The first kappa shape index (κ1) is 28.4. The third-order valence-electron chi connectivity index (χ3n) is 6.54. The Morgan fingerprint density at radius 3 is 2.67 bits per heavy atom. The lowest BCUT2D eigenvalue weighted by Gasteiger charge is -2.26. The molecule has 1 saturated carbocycles. The van der Waals surface area contributed by atoms with Crippen molar-refractivity contribution in [3.63, 3.8) is 0 Å². The van der Waals surface area contributed by atoms with Crippen LogP contribution in [0.2, 0.25) is 0 Å². The largest absolute Gasteiger partial charge is 0.491 e. The SMILES string of the molecule is CC(C)OC(=O)CCC/C=C\C[C@@H]1[C@H]([C@H](O)C2OC2COc2cccc(C(F)(F)F)c2)[C@@H](O)C[C@H]1O. The number of aliphatic hydroxyl groups is 3. The third kappa shape index (κ3) is 7.93. The Balaban J connectivity index is 1.46. The molecule has 2 fully saturated rings. The summed E-state index contributed by atoms with van der Waals surface area (Å²) in [6.45, 7) is 3.54. The van der Waals surface area contributed by atoms with E-state index in [-0.39, 0.29) is 36.8 Å². The van der Waals surface area contributed by atoms with Gasteiger partial charge >= 0.3 is 12.1 Å². The highest BCUT2D eigenvalue weighted by molar-refractivity contribution is 5.69. The molecule has 0 bridgehead atoms. The maximum Gasteiger partial charge on any atom is 0.416 e. The number of hydrogen-bond acceptors (Lipinski definition) is 7. The van der Waals surface area contributed by atoms with E-state index in [9.17, 15) is 33.3 Å². The lowest BCUT2D eigenvalue weighted by Crippen LogP contribution is -2.38. The first-order valence-corrected chi connectivity index (χ1v) is 12.3. The molecule has 0 amide bonds. The van der Waals surface area contributed by atoms with Crippen LogP contribution in [0, 0.1) is 11.8 Å². The van der Waals surface area contributed by atoms with Crippen molar-refractivity contribution in [2.24, 2.45) is 11.8 Å². The fourth-order valence-electron chi connectivity index (χ4n) is 4.72. The van der Waals surface area contributed by atoms with Crippen LogP contribution in [0.1, 0.15) is 51.5 Å². The second-order valence-electron chi connectivity index (χ2n) is 9.72. The molecule has 202 valence electrons. The van der Waals surface area contributed by atoms with Gasteiger partial charge in [0.15, 0.2) is 0 Å². The van der Waals surface area contributed by atoms with Crippen LogP contribution >= 0.6 is 0 Å². The van der Waals surface area contributed by atoms with Gasteiger partial charge < -0.3 is 29.5 Å². The quantitative estimate of drug-likeness (QED) is 0.168. The number of epoxide rings is 1. The van der Waals surface area contributed by atoms with Crippen molar-refractivity contribution in [1.29, 1.82) is 0 Å². The van der Waals surface area contributed by atoms with Gasteiger partial charge in [0, 0.05) is 12.3 Å². The minimum atomic E-state index is -4.48. The molecule has 1 aromatic rings. The van der Waals surface area contributed by atoms with Gasteiger partial charge in [-0.2, -0.15) is 13.2 Å². The smallest absolute Gasteiger partial charge is 0.416 e. The molecule has 0 radical (unpaired) electrons. The summed E-state index contributed by atoms with van der Waals surface area (Å²) < 4.78 is 54.6. The van der Waals surface area contributed by atoms with Gasteiger partial charge in [-0.25, -0.2) is 0 Å². The van der Waals surface area contributed by atoms with Crippen LogP contribution in [0.25, 0.3) is 0 Å². The molecule has 3 rings (SSSR count). The molecule has 3 N–H and O–H groups in total. The fraction of sp³-hybridized carbons (Fsp3) is 0.654. The predicted octanol–water partition coefficient (Wildman–Crippen LogP) is 3.64. The maximum absolute atomic E-state index is 12.9. The zero-order chi connectivity index (χ0) is 26.5. The highest BCUT2D eigenvalue weighted by Gasteiger charge is 2.54. The summed E-state index contributed by atoms with van der Waals surface area (Å²) in [5.41, 5.74) is -0.817. The van der Waals surface area contributed by atoms with E-state index < -0.39 is 48.2 Å². The Morgan fingerprint density at radius 2 is 1.97 bits per heavy atom. The lowest BCUT2D eigenvalue weighted by molar-refractivity contribution is -0.147. The number of aliphatic hydroxyl groups excluding tert-OH is 3. The van der Waals surface area contributed by atoms with Crippen LogP contribution < -0.4 is 4.74 Å². The third-order valence-corrected chi connectivity index (χ3v) is 6.54. The number of alkyl halides is 3. The molecule has 10 heteroatoms. The van der Waals surface area contributed by atoms with Gasteiger partial charge in [-0.05, 0) is 63.6 Å². The number of carbonyl (C=O) groups excluding carboxylic acids is 1. The predicted molar refractivity (Wildman–Crippen MR) is 124 cm³/mol. The van der Waals surface area contributed by atoms with Gasteiger partial charge in [-0.15, -0.1) is 0 Å². The topological polar surface area (TPSA) is 109 Å². The van der Waals surface area contributed by atoms with E-state index >= 15 is 0 Å². The Morgan fingerprint density at radius 1 is 1.22 bits per heavy atom. The van der Waals surface area contributed by atoms with E-state index in [4.69, 9.17) is 14.2 Å². The molecular weight excluding hydrogens is 481 g/mol. The molecule has 2 unspecified atom stereocenters. The number of hydrogen-bond donors (Lipinski definition) is 3. The second kappa shape index (κ2) is 12.4. The van der Waals surface area contributed by atoms with E-state index in [1.165, 1.54) is 12.1 Å². The average molecular weight is 517 g/mol. The fourth-order valence-corrected chi connectivity index (χ4v) is 4.72. The number of carbonyl (C=O) groups is 1. The molecule has 7 atom stereocenters. The first-order chi connectivity index (χ1) is 17.0. The number of benzene rings is 1. The van der Waals surface area contributed by atoms with Crippen molar-refractivity contribution in [2.75, 3.05) is 6.61 Å². The van der Waals surface area contributed by atoms with E-state index in [2.05, 4.69) is 0 Å². The van der Waals surface area contributed by atoms with E-state index in [1.807, 2.05) is 12.2 Å². The first-order valence-electron chi connectivity index (χ1n) is 12.3. The number of unbranched alkanes of at least 4 members (excludes halogenated alkanes) is 1. The normalized spacial score (nSPS) is 29.0. The zero-order valence-electron chi connectivity index (χ0n) is 20.4. The van der Waals surface area contributed by atoms with Gasteiger partial charge in [-0.3, -0.25) is 4.79 Å². The summed E-state index contributed by atoms with van der Waals surface area (Å²) in [5.74, 6) is -1.20. The number of allylic oxidation sites excluding steroid dienone is 2. The summed E-state index contributed by atoms with van der Waals surface area (Å²) in [4.78, 5) is 11.6. The Kier molecular flexibility index (Phi) is 9.79. The summed E-state index contributed by atoms with van der Waals surface area (Å²) in [6.07, 6.45) is -2.57. The number of ether oxygens (including phenoxy) is 3.